The van der Waals surface area contributed by atoms with E-state index in [1.54, 1.807) is 12.1 Å². The van der Waals surface area contributed by atoms with Gasteiger partial charge in [0.2, 0.25) is 0 Å². The Balaban J connectivity index is 2.62. The summed E-state index contributed by atoms with van der Waals surface area (Å²) < 4.78 is 15.3. The fourth-order valence-corrected chi connectivity index (χ4v) is 2.15. The van der Waals surface area contributed by atoms with Crippen LogP contribution in [0.25, 0.3) is 0 Å². The van der Waals surface area contributed by atoms with E-state index in [0.29, 0.717) is 22.6 Å². The highest BCUT2D eigenvalue weighted by Gasteiger charge is 2.33. The fourth-order valence-electron chi connectivity index (χ4n) is 1.51. The van der Waals surface area contributed by atoms with E-state index in [1.165, 1.54) is 14.2 Å². The maximum Gasteiger partial charge on any atom is 0.340 e. The second-order valence-corrected chi connectivity index (χ2v) is 3.84. The molecule has 1 atom stereocenters. The molecule has 4 nitrogen and oxygen atoms in total. The van der Waals surface area contributed by atoms with E-state index in [-0.39, 0.29) is 5.97 Å². The maximum atomic E-state index is 11.4. The molecule has 0 aliphatic carbocycles. The average Bonchev–Trinajstić information content (AvgIpc) is 2.53. The van der Waals surface area contributed by atoms with Gasteiger partial charge in [-0.05, 0) is 22.0 Å². The lowest BCUT2D eigenvalue weighted by molar-refractivity contribution is 0.0529. The van der Waals surface area contributed by atoms with E-state index in [4.69, 9.17) is 14.2 Å². The Kier molecular flexibility index (Phi) is 2.56. The second-order valence-electron chi connectivity index (χ2n) is 3.01. The van der Waals surface area contributed by atoms with Gasteiger partial charge in [0, 0.05) is 6.07 Å². The highest BCUT2D eigenvalue weighted by Crippen LogP contribution is 2.43. The normalized spacial score (nSPS) is 18.3. The van der Waals surface area contributed by atoms with Gasteiger partial charge in [-0.1, -0.05) is 0 Å². The minimum absolute atomic E-state index is 0.371. The zero-order valence-electron chi connectivity index (χ0n) is 8.24. The third-order valence-electron chi connectivity index (χ3n) is 2.23. The van der Waals surface area contributed by atoms with E-state index in [1.807, 2.05) is 0 Å². The van der Waals surface area contributed by atoms with Gasteiger partial charge in [-0.15, -0.1) is 0 Å². The van der Waals surface area contributed by atoms with Gasteiger partial charge in [0.1, 0.15) is 11.5 Å². The molecule has 1 unspecified atom stereocenters. The van der Waals surface area contributed by atoms with Crippen LogP contribution in [0, 0.1) is 0 Å². The molecule has 0 radical (unpaired) electrons. The molecule has 1 aromatic carbocycles. The minimum atomic E-state index is -0.444. The second kappa shape index (κ2) is 3.73. The van der Waals surface area contributed by atoms with Gasteiger partial charge < -0.3 is 14.2 Å². The van der Waals surface area contributed by atoms with Crippen LogP contribution in [0.2, 0.25) is 0 Å². The van der Waals surface area contributed by atoms with Gasteiger partial charge in [-0.2, -0.15) is 0 Å². The number of hydrogen-bond acceptors (Lipinski definition) is 4. The van der Waals surface area contributed by atoms with Gasteiger partial charge in [-0.25, -0.2) is 4.79 Å². The number of hydrogen-bond donors (Lipinski definition) is 0. The lowest BCUT2D eigenvalue weighted by Crippen LogP contribution is -1.96. The molecule has 80 valence electrons. The Morgan fingerprint density at radius 1 is 1.33 bits per heavy atom. The van der Waals surface area contributed by atoms with E-state index >= 15 is 0 Å². The van der Waals surface area contributed by atoms with Gasteiger partial charge >= 0.3 is 5.97 Å². The highest BCUT2D eigenvalue weighted by atomic mass is 79.9. The SMILES string of the molecule is COc1cc(OC)c2c(c1)C(=O)OC2Br. The van der Waals surface area contributed by atoms with Gasteiger partial charge in [-0.3, -0.25) is 0 Å². The maximum absolute atomic E-state index is 11.4. The number of halogens is 1. The zero-order chi connectivity index (χ0) is 11.0. The Labute approximate surface area is 95.3 Å². The van der Waals surface area contributed by atoms with Crippen LogP contribution < -0.4 is 9.47 Å². The monoisotopic (exact) mass is 272 g/mol. The van der Waals surface area contributed by atoms with Crippen molar-refractivity contribution >= 4 is 21.9 Å². The first kappa shape index (κ1) is 10.3. The molecule has 0 bridgehead atoms. The number of esters is 1. The topological polar surface area (TPSA) is 44.8 Å². The third kappa shape index (κ3) is 1.56. The minimum Gasteiger partial charge on any atom is -0.497 e. The molecule has 1 aliphatic rings. The molecular formula is C10H9BrO4. The quantitative estimate of drug-likeness (QED) is 0.612. The number of carbonyl (C=O) groups excluding carboxylic acids is 1. The number of fused-ring (bicyclic) bond motifs is 1. The Morgan fingerprint density at radius 2 is 2.07 bits per heavy atom. The lowest BCUT2D eigenvalue weighted by Gasteiger charge is -2.09. The standard InChI is InChI=1S/C10H9BrO4/c1-13-5-3-6-8(7(4-5)14-2)9(11)15-10(6)12/h3-4,9H,1-2H3. The summed E-state index contributed by atoms with van der Waals surface area (Å²) in [6.07, 6.45) is 0. The van der Waals surface area contributed by atoms with E-state index in [2.05, 4.69) is 15.9 Å². The first-order valence-corrected chi connectivity index (χ1v) is 5.20. The zero-order valence-corrected chi connectivity index (χ0v) is 9.83. The molecule has 1 aliphatic heterocycles. The molecule has 0 N–H and O–H groups in total. The van der Waals surface area contributed by atoms with Crippen molar-refractivity contribution in [3.8, 4) is 11.5 Å². The number of alkyl halides is 1. The Morgan fingerprint density at radius 3 is 2.67 bits per heavy atom. The van der Waals surface area contributed by atoms with Crippen molar-refractivity contribution in [3.05, 3.63) is 23.3 Å². The van der Waals surface area contributed by atoms with Crippen molar-refractivity contribution in [1.29, 1.82) is 0 Å². The van der Waals surface area contributed by atoms with Crippen molar-refractivity contribution in [1.82, 2.24) is 0 Å². The van der Waals surface area contributed by atoms with Crippen molar-refractivity contribution in [2.75, 3.05) is 14.2 Å². The Bertz CT molecular complexity index is 416. The number of rotatable bonds is 2. The first-order chi connectivity index (χ1) is 7.17. The summed E-state index contributed by atoms with van der Waals surface area (Å²) >= 11 is 3.25. The van der Waals surface area contributed by atoms with Gasteiger partial charge in [0.15, 0.2) is 5.01 Å². The molecule has 1 aromatic rings. The summed E-state index contributed by atoms with van der Waals surface area (Å²) in [5.74, 6) is 0.783. The van der Waals surface area contributed by atoms with E-state index < -0.39 is 5.01 Å². The van der Waals surface area contributed by atoms with Gasteiger partial charge in [0.05, 0.1) is 25.3 Å². The summed E-state index contributed by atoms with van der Waals surface area (Å²) in [5, 5.41) is -0.444. The third-order valence-corrected chi connectivity index (χ3v) is 2.87. The lowest BCUT2D eigenvalue weighted by atomic mass is 10.1. The highest BCUT2D eigenvalue weighted by molar-refractivity contribution is 9.09. The molecule has 5 heteroatoms. The summed E-state index contributed by atoms with van der Waals surface area (Å²) in [5.41, 5.74) is 1.19. The van der Waals surface area contributed by atoms with E-state index in [0.717, 1.165) is 0 Å². The van der Waals surface area contributed by atoms with Crippen LogP contribution in [-0.2, 0) is 4.74 Å². The smallest absolute Gasteiger partial charge is 0.340 e. The van der Waals surface area contributed by atoms with Crippen LogP contribution in [0.15, 0.2) is 12.1 Å². The average molecular weight is 273 g/mol. The molecule has 0 aromatic heterocycles. The molecule has 0 saturated carbocycles. The van der Waals surface area contributed by atoms with Crippen LogP contribution in [0.1, 0.15) is 20.9 Å². The van der Waals surface area contributed by atoms with Gasteiger partial charge in [0.25, 0.3) is 0 Å². The molecular weight excluding hydrogens is 264 g/mol. The number of ether oxygens (including phenoxy) is 3. The van der Waals surface area contributed by atoms with Crippen LogP contribution >= 0.6 is 15.9 Å². The summed E-state index contributed by atoms with van der Waals surface area (Å²) in [6, 6.07) is 3.36. The van der Waals surface area contributed by atoms with Crippen molar-refractivity contribution in [2.45, 2.75) is 5.01 Å². The summed E-state index contributed by atoms with van der Waals surface area (Å²) in [7, 11) is 3.07. The van der Waals surface area contributed by atoms with Crippen molar-refractivity contribution in [2.24, 2.45) is 0 Å². The summed E-state index contributed by atoms with van der Waals surface area (Å²) in [4.78, 5) is 11.4. The van der Waals surface area contributed by atoms with Crippen molar-refractivity contribution in [3.63, 3.8) is 0 Å². The summed E-state index contributed by atoms with van der Waals surface area (Å²) in [6.45, 7) is 0. The van der Waals surface area contributed by atoms with Crippen LogP contribution in [0.4, 0.5) is 0 Å². The molecule has 0 saturated heterocycles. The van der Waals surface area contributed by atoms with E-state index in [9.17, 15) is 4.79 Å². The first-order valence-electron chi connectivity index (χ1n) is 4.28. The largest absolute Gasteiger partial charge is 0.497 e. The number of benzene rings is 1. The Hall–Kier alpha value is -1.23. The van der Waals surface area contributed by atoms with Crippen LogP contribution in [0.5, 0.6) is 11.5 Å². The predicted molar refractivity (Wildman–Crippen MR) is 56.6 cm³/mol. The van der Waals surface area contributed by atoms with Crippen LogP contribution in [0.3, 0.4) is 0 Å². The molecule has 0 spiro atoms. The molecule has 0 amide bonds. The number of methoxy groups -OCH3 is 2. The number of carbonyl (C=O) groups is 1. The molecule has 15 heavy (non-hydrogen) atoms. The fraction of sp³-hybridized carbons (Fsp3) is 0.300. The number of cyclic esters (lactones) is 1. The predicted octanol–water partition coefficient (Wildman–Crippen LogP) is 2.27. The molecule has 2 rings (SSSR count). The van der Waals surface area contributed by atoms with Crippen LogP contribution in [-0.4, -0.2) is 20.2 Å². The van der Waals surface area contributed by atoms with Crippen molar-refractivity contribution < 1.29 is 19.0 Å². The molecule has 1 heterocycles. The molecule has 0 fully saturated rings.